The van der Waals surface area contributed by atoms with Crippen LogP contribution >= 0.6 is 0 Å². The molecule has 1 aromatic rings. The van der Waals surface area contributed by atoms with Gasteiger partial charge in [-0.1, -0.05) is 51.5 Å². The van der Waals surface area contributed by atoms with Crippen molar-refractivity contribution in [3.63, 3.8) is 0 Å². The predicted octanol–water partition coefficient (Wildman–Crippen LogP) is 3.24. The fraction of sp³-hybridized carbons (Fsp3) is 0.647. The first-order chi connectivity index (χ1) is 9.24. The number of hydrogen-bond donors (Lipinski definition) is 1. The van der Waals surface area contributed by atoms with E-state index in [-0.39, 0.29) is 0 Å². The Labute approximate surface area is 118 Å². The van der Waals surface area contributed by atoms with Gasteiger partial charge in [0, 0.05) is 19.1 Å². The molecule has 0 fully saturated rings. The molecule has 0 amide bonds. The Hall–Kier alpha value is -0.860. The molecule has 1 N–H and O–H groups in total. The van der Waals surface area contributed by atoms with Crippen LogP contribution in [-0.4, -0.2) is 31.1 Å². The Balaban J connectivity index is 2.02. The maximum absolute atomic E-state index is 3.69. The van der Waals surface area contributed by atoms with Gasteiger partial charge in [-0.25, -0.2) is 0 Å². The Morgan fingerprint density at radius 3 is 2.84 bits per heavy atom. The van der Waals surface area contributed by atoms with Crippen molar-refractivity contribution in [2.75, 3.05) is 26.2 Å². The number of likely N-dealkylation sites (N-methyl/N-ethyl adjacent to an activating group) is 1. The van der Waals surface area contributed by atoms with Crippen molar-refractivity contribution in [1.82, 2.24) is 10.2 Å². The van der Waals surface area contributed by atoms with Crippen LogP contribution in [0.1, 0.15) is 44.4 Å². The molecule has 0 bridgehead atoms. The smallest absolute Gasteiger partial charge is 0.0452 e. The molecule has 2 rings (SSSR count). The SMILES string of the molecule is CCC(C)CN(CC)CC1NCCc2ccccc21. The second-order valence-corrected chi connectivity index (χ2v) is 5.82. The zero-order valence-electron chi connectivity index (χ0n) is 12.7. The normalized spacial score (nSPS) is 20.3. The van der Waals surface area contributed by atoms with Crippen molar-refractivity contribution in [3.05, 3.63) is 35.4 Å². The predicted molar refractivity (Wildman–Crippen MR) is 82.5 cm³/mol. The van der Waals surface area contributed by atoms with Gasteiger partial charge in [-0.15, -0.1) is 0 Å². The summed E-state index contributed by atoms with van der Waals surface area (Å²) >= 11 is 0. The topological polar surface area (TPSA) is 15.3 Å². The van der Waals surface area contributed by atoms with Crippen molar-refractivity contribution in [1.29, 1.82) is 0 Å². The quantitative estimate of drug-likeness (QED) is 0.844. The van der Waals surface area contributed by atoms with Gasteiger partial charge < -0.3 is 10.2 Å². The van der Waals surface area contributed by atoms with Crippen LogP contribution in [0.2, 0.25) is 0 Å². The van der Waals surface area contributed by atoms with E-state index in [1.807, 2.05) is 0 Å². The Kier molecular flexibility index (Phi) is 5.41. The minimum absolute atomic E-state index is 0.508. The molecule has 19 heavy (non-hydrogen) atoms. The van der Waals surface area contributed by atoms with Crippen LogP contribution in [0.5, 0.6) is 0 Å². The monoisotopic (exact) mass is 260 g/mol. The van der Waals surface area contributed by atoms with Crippen molar-refractivity contribution in [2.45, 2.75) is 39.7 Å². The highest BCUT2D eigenvalue weighted by Crippen LogP contribution is 2.23. The molecule has 0 saturated heterocycles. The molecule has 0 aromatic heterocycles. The van der Waals surface area contributed by atoms with E-state index in [2.05, 4.69) is 55.3 Å². The van der Waals surface area contributed by atoms with Crippen LogP contribution in [0.3, 0.4) is 0 Å². The summed E-state index contributed by atoms with van der Waals surface area (Å²) in [7, 11) is 0. The van der Waals surface area contributed by atoms with Crippen molar-refractivity contribution < 1.29 is 0 Å². The molecular weight excluding hydrogens is 232 g/mol. The van der Waals surface area contributed by atoms with Crippen LogP contribution in [-0.2, 0) is 6.42 Å². The van der Waals surface area contributed by atoms with Gasteiger partial charge in [0.25, 0.3) is 0 Å². The molecule has 2 unspecified atom stereocenters. The van der Waals surface area contributed by atoms with Crippen LogP contribution < -0.4 is 5.32 Å². The highest BCUT2D eigenvalue weighted by Gasteiger charge is 2.21. The molecule has 2 nitrogen and oxygen atoms in total. The summed E-state index contributed by atoms with van der Waals surface area (Å²) in [4.78, 5) is 2.59. The van der Waals surface area contributed by atoms with Gasteiger partial charge >= 0.3 is 0 Å². The van der Waals surface area contributed by atoms with Crippen molar-refractivity contribution in [3.8, 4) is 0 Å². The van der Waals surface area contributed by atoms with E-state index in [9.17, 15) is 0 Å². The molecule has 2 heteroatoms. The van der Waals surface area contributed by atoms with Gasteiger partial charge in [0.1, 0.15) is 0 Å². The molecule has 1 aromatic carbocycles. The number of rotatable bonds is 6. The number of nitrogens with zero attached hydrogens (tertiary/aromatic N) is 1. The number of nitrogens with one attached hydrogen (secondary N) is 1. The first-order valence-corrected chi connectivity index (χ1v) is 7.78. The van der Waals surface area contributed by atoms with E-state index in [1.54, 1.807) is 0 Å². The summed E-state index contributed by atoms with van der Waals surface area (Å²) in [5.74, 6) is 0.791. The second kappa shape index (κ2) is 7.06. The molecule has 0 spiro atoms. The summed E-state index contributed by atoms with van der Waals surface area (Å²) in [6.45, 7) is 11.5. The first-order valence-electron chi connectivity index (χ1n) is 7.78. The van der Waals surface area contributed by atoms with E-state index < -0.39 is 0 Å². The molecular formula is C17H28N2. The van der Waals surface area contributed by atoms with E-state index in [0.717, 1.165) is 25.6 Å². The minimum Gasteiger partial charge on any atom is -0.309 e. The molecule has 0 saturated carbocycles. The van der Waals surface area contributed by atoms with Gasteiger partial charge in [0.15, 0.2) is 0 Å². The fourth-order valence-corrected chi connectivity index (χ4v) is 2.92. The highest BCUT2D eigenvalue weighted by molar-refractivity contribution is 5.32. The Morgan fingerprint density at radius 1 is 1.32 bits per heavy atom. The minimum atomic E-state index is 0.508. The van der Waals surface area contributed by atoms with Crippen LogP contribution in [0.4, 0.5) is 0 Å². The van der Waals surface area contributed by atoms with Gasteiger partial charge in [0.2, 0.25) is 0 Å². The molecule has 1 aliphatic rings. The summed E-state index contributed by atoms with van der Waals surface area (Å²) in [6, 6.07) is 9.42. The summed E-state index contributed by atoms with van der Waals surface area (Å²) < 4.78 is 0. The van der Waals surface area contributed by atoms with Gasteiger partial charge in [-0.3, -0.25) is 0 Å². The molecule has 0 aliphatic carbocycles. The zero-order valence-corrected chi connectivity index (χ0v) is 12.7. The lowest BCUT2D eigenvalue weighted by molar-refractivity contribution is 0.218. The van der Waals surface area contributed by atoms with E-state index in [4.69, 9.17) is 0 Å². The molecule has 2 atom stereocenters. The van der Waals surface area contributed by atoms with Gasteiger partial charge in [-0.05, 0) is 36.6 Å². The largest absolute Gasteiger partial charge is 0.309 e. The summed E-state index contributed by atoms with van der Waals surface area (Å²) in [5, 5.41) is 3.69. The Bertz CT molecular complexity index is 389. The number of hydrogen-bond acceptors (Lipinski definition) is 2. The highest BCUT2D eigenvalue weighted by atomic mass is 15.1. The van der Waals surface area contributed by atoms with Gasteiger partial charge in [-0.2, -0.15) is 0 Å². The van der Waals surface area contributed by atoms with Crippen molar-refractivity contribution in [2.24, 2.45) is 5.92 Å². The second-order valence-electron chi connectivity index (χ2n) is 5.82. The lowest BCUT2D eigenvalue weighted by atomic mass is 9.94. The summed E-state index contributed by atoms with van der Waals surface area (Å²) in [5.41, 5.74) is 3.04. The third-order valence-electron chi connectivity index (χ3n) is 4.37. The molecule has 0 radical (unpaired) electrons. The van der Waals surface area contributed by atoms with E-state index in [1.165, 1.54) is 30.5 Å². The number of fused-ring (bicyclic) bond motifs is 1. The molecule has 1 heterocycles. The van der Waals surface area contributed by atoms with Crippen LogP contribution in [0, 0.1) is 5.92 Å². The van der Waals surface area contributed by atoms with E-state index >= 15 is 0 Å². The lowest BCUT2D eigenvalue weighted by Gasteiger charge is -2.33. The Morgan fingerprint density at radius 2 is 2.11 bits per heavy atom. The maximum atomic E-state index is 3.69. The zero-order chi connectivity index (χ0) is 13.7. The lowest BCUT2D eigenvalue weighted by Crippen LogP contribution is -2.40. The average Bonchev–Trinajstić information content (AvgIpc) is 2.46. The maximum Gasteiger partial charge on any atom is 0.0452 e. The first kappa shape index (κ1) is 14.5. The fourth-order valence-electron chi connectivity index (χ4n) is 2.92. The van der Waals surface area contributed by atoms with Gasteiger partial charge in [0.05, 0.1) is 0 Å². The standard InChI is InChI=1S/C17H28N2/c1-4-14(3)12-19(5-2)13-17-16-9-7-6-8-15(16)10-11-18-17/h6-9,14,17-18H,4-5,10-13H2,1-3H3. The van der Waals surface area contributed by atoms with Crippen molar-refractivity contribution >= 4 is 0 Å². The summed E-state index contributed by atoms with van der Waals surface area (Å²) in [6.07, 6.45) is 2.44. The van der Waals surface area contributed by atoms with Crippen LogP contribution in [0.25, 0.3) is 0 Å². The van der Waals surface area contributed by atoms with Crippen LogP contribution in [0.15, 0.2) is 24.3 Å². The number of benzene rings is 1. The molecule has 1 aliphatic heterocycles. The van der Waals surface area contributed by atoms with E-state index in [0.29, 0.717) is 6.04 Å². The third-order valence-corrected chi connectivity index (χ3v) is 4.37. The molecule has 106 valence electrons. The third kappa shape index (κ3) is 3.80. The average molecular weight is 260 g/mol.